The van der Waals surface area contributed by atoms with E-state index in [-0.39, 0.29) is 11.2 Å². The monoisotopic (exact) mass is 512 g/mol. The fourth-order valence-electron chi connectivity index (χ4n) is 4.81. The summed E-state index contributed by atoms with van der Waals surface area (Å²) in [6.45, 7) is 14.0. The number of rotatable bonds is 4. The van der Waals surface area contributed by atoms with E-state index in [1.807, 2.05) is 59.3 Å². The summed E-state index contributed by atoms with van der Waals surface area (Å²) in [7, 11) is 0. The predicted octanol–water partition coefficient (Wildman–Crippen LogP) is 9.02. The number of aromatic nitrogens is 3. The van der Waals surface area contributed by atoms with Gasteiger partial charge >= 0.3 is 0 Å². The van der Waals surface area contributed by atoms with Gasteiger partial charge in [-0.25, -0.2) is 14.2 Å². The lowest BCUT2D eigenvalue weighted by molar-refractivity contribution is 0.484. The highest BCUT2D eigenvalue weighted by atomic mass is 19.1. The molecule has 6 heteroatoms. The zero-order valence-electron chi connectivity index (χ0n) is 21.8. The lowest BCUT2D eigenvalue weighted by Crippen LogP contribution is -2.12. The van der Waals surface area contributed by atoms with Crippen LogP contribution in [0.3, 0.4) is 0 Å². The first-order valence-corrected chi connectivity index (χ1v) is 12.6. The van der Waals surface area contributed by atoms with E-state index in [0.29, 0.717) is 17.2 Å². The number of hydrogen-bond acceptors (Lipinski definition) is 3. The van der Waals surface area contributed by atoms with Gasteiger partial charge < -0.3 is 4.74 Å². The highest BCUT2D eigenvalue weighted by molar-refractivity contribution is 6.09. The second kappa shape index (κ2) is 9.38. The van der Waals surface area contributed by atoms with Crippen molar-refractivity contribution in [2.45, 2.75) is 26.2 Å². The lowest BCUT2D eigenvalue weighted by Gasteiger charge is -2.20. The minimum Gasteiger partial charge on any atom is -0.459 e. The number of benzene rings is 3. The van der Waals surface area contributed by atoms with Crippen molar-refractivity contribution in [1.82, 2.24) is 14.5 Å². The third-order valence-electron chi connectivity index (χ3n) is 6.76. The molecule has 0 fully saturated rings. The minimum atomic E-state index is -0.295. The Morgan fingerprint density at radius 2 is 1.67 bits per heavy atom. The van der Waals surface area contributed by atoms with Crippen LogP contribution in [-0.2, 0) is 5.41 Å². The molecule has 0 N–H and O–H groups in total. The van der Waals surface area contributed by atoms with Crippen molar-refractivity contribution in [3.8, 4) is 28.6 Å². The molecule has 5 nitrogen and oxygen atoms in total. The van der Waals surface area contributed by atoms with Crippen LogP contribution in [0.1, 0.15) is 26.3 Å². The molecule has 3 aromatic carbocycles. The van der Waals surface area contributed by atoms with E-state index in [1.54, 1.807) is 30.5 Å². The van der Waals surface area contributed by atoms with Gasteiger partial charge in [0.25, 0.3) is 0 Å². The van der Waals surface area contributed by atoms with Gasteiger partial charge in [0.05, 0.1) is 23.3 Å². The number of fused-ring (bicyclic) bond motifs is 3. The minimum absolute atomic E-state index is 0.0595. The normalized spacial score (nSPS) is 11.6. The van der Waals surface area contributed by atoms with Gasteiger partial charge in [-0.15, -0.1) is 0 Å². The Morgan fingerprint density at radius 1 is 0.795 bits per heavy atom. The number of ether oxygens (including phenoxy) is 1. The van der Waals surface area contributed by atoms with Crippen LogP contribution in [0.4, 0.5) is 10.1 Å². The maximum absolute atomic E-state index is 14.3. The number of nitrogens with zero attached hydrogens (tertiary/aromatic N) is 4. The molecule has 0 bridgehead atoms. The zero-order valence-corrected chi connectivity index (χ0v) is 21.8. The summed E-state index contributed by atoms with van der Waals surface area (Å²) in [4.78, 5) is 12.7. The predicted molar refractivity (Wildman–Crippen MR) is 153 cm³/mol. The summed E-state index contributed by atoms with van der Waals surface area (Å²) in [5.74, 6) is 1.58. The summed E-state index contributed by atoms with van der Waals surface area (Å²) in [5.41, 5.74) is 4.81. The van der Waals surface area contributed by atoms with Gasteiger partial charge in [0.2, 0.25) is 0 Å². The maximum Gasteiger partial charge on any atom is 0.191 e. The van der Waals surface area contributed by atoms with E-state index in [4.69, 9.17) is 11.3 Å². The molecule has 0 unspecified atom stereocenters. The molecule has 0 aliphatic carbocycles. The van der Waals surface area contributed by atoms with Crippen LogP contribution >= 0.6 is 0 Å². The Bertz CT molecular complexity index is 1900. The molecule has 6 aromatic rings. The van der Waals surface area contributed by atoms with Crippen molar-refractivity contribution in [3.63, 3.8) is 0 Å². The highest BCUT2D eigenvalue weighted by Crippen LogP contribution is 2.37. The van der Waals surface area contributed by atoms with Gasteiger partial charge in [0.1, 0.15) is 23.1 Å². The topological polar surface area (TPSA) is 44.3 Å². The molecule has 6 rings (SSSR count). The van der Waals surface area contributed by atoms with Crippen LogP contribution in [-0.4, -0.2) is 14.5 Å². The Hall–Kier alpha value is -5.02. The summed E-state index contributed by atoms with van der Waals surface area (Å²) < 4.78 is 22.7. The molecule has 0 spiro atoms. The van der Waals surface area contributed by atoms with E-state index >= 15 is 0 Å². The van der Waals surface area contributed by atoms with Crippen LogP contribution in [0.2, 0.25) is 0 Å². The molecule has 0 atom stereocenters. The van der Waals surface area contributed by atoms with Crippen molar-refractivity contribution in [2.75, 3.05) is 0 Å². The molecule has 39 heavy (non-hydrogen) atoms. The third-order valence-corrected chi connectivity index (χ3v) is 6.76. The first-order valence-electron chi connectivity index (χ1n) is 12.6. The molecule has 0 amide bonds. The fourth-order valence-corrected chi connectivity index (χ4v) is 4.81. The Morgan fingerprint density at radius 3 is 2.44 bits per heavy atom. The van der Waals surface area contributed by atoms with Gasteiger partial charge in [-0.2, -0.15) is 0 Å². The smallest absolute Gasteiger partial charge is 0.191 e. The van der Waals surface area contributed by atoms with Crippen LogP contribution < -0.4 is 4.74 Å². The maximum atomic E-state index is 14.3. The molecule has 190 valence electrons. The van der Waals surface area contributed by atoms with Gasteiger partial charge in [-0.3, -0.25) is 9.55 Å². The van der Waals surface area contributed by atoms with E-state index < -0.39 is 0 Å². The summed E-state index contributed by atoms with van der Waals surface area (Å²) in [6.07, 6.45) is 3.53. The number of hydrogen-bond donors (Lipinski definition) is 0. The molecule has 0 saturated carbocycles. The standard InChI is InChI=1S/C33H25FN4O/c1-33(2,3)22-12-14-37-32(17-22)38-30-11-8-23(34)18-28(30)27-10-9-25(20-31(27)38)39-26-16-21(15-24(19-26)35-4)29-7-5-6-13-36-29/h5-20H,1-3H3. The largest absolute Gasteiger partial charge is 0.459 e. The van der Waals surface area contributed by atoms with Crippen LogP contribution in [0.25, 0.3) is 43.7 Å². The van der Waals surface area contributed by atoms with Gasteiger partial charge in [-0.05, 0) is 89.3 Å². The van der Waals surface area contributed by atoms with Crippen molar-refractivity contribution >= 4 is 27.5 Å². The molecule has 0 saturated heterocycles. The van der Waals surface area contributed by atoms with Crippen LogP contribution in [0.5, 0.6) is 11.5 Å². The highest BCUT2D eigenvalue weighted by Gasteiger charge is 2.19. The van der Waals surface area contributed by atoms with Crippen molar-refractivity contribution in [3.05, 3.63) is 120 Å². The Balaban J connectivity index is 1.51. The molecular weight excluding hydrogens is 487 g/mol. The summed E-state index contributed by atoms with van der Waals surface area (Å²) in [5, 5.41) is 1.69. The molecular formula is C33H25FN4O. The van der Waals surface area contributed by atoms with E-state index in [1.165, 1.54) is 6.07 Å². The van der Waals surface area contributed by atoms with E-state index in [9.17, 15) is 4.39 Å². The second-order valence-electron chi connectivity index (χ2n) is 10.5. The number of halogens is 1. The average Bonchev–Trinajstić information content (AvgIpc) is 3.25. The van der Waals surface area contributed by atoms with Crippen molar-refractivity contribution in [2.24, 2.45) is 0 Å². The first-order chi connectivity index (χ1) is 18.8. The number of pyridine rings is 2. The van der Waals surface area contributed by atoms with Gasteiger partial charge in [0.15, 0.2) is 5.69 Å². The molecule has 0 aliphatic heterocycles. The van der Waals surface area contributed by atoms with Gasteiger partial charge in [-0.1, -0.05) is 26.8 Å². The van der Waals surface area contributed by atoms with Crippen molar-refractivity contribution < 1.29 is 9.13 Å². The zero-order chi connectivity index (χ0) is 27.1. The average molecular weight is 513 g/mol. The lowest BCUT2D eigenvalue weighted by atomic mass is 9.88. The molecule has 0 aliphatic rings. The Kier molecular flexibility index (Phi) is 5.85. The molecule has 3 aromatic heterocycles. The quantitative estimate of drug-likeness (QED) is 0.221. The van der Waals surface area contributed by atoms with Gasteiger partial charge in [0, 0.05) is 29.2 Å². The van der Waals surface area contributed by atoms with E-state index in [0.717, 1.165) is 44.4 Å². The molecule has 3 heterocycles. The fraction of sp³-hybridized carbons (Fsp3) is 0.121. The van der Waals surface area contributed by atoms with E-state index in [2.05, 4.69) is 41.7 Å². The van der Waals surface area contributed by atoms with Crippen LogP contribution in [0, 0.1) is 12.4 Å². The Labute approximate surface area is 226 Å². The van der Waals surface area contributed by atoms with Crippen LogP contribution in [0.15, 0.2) is 97.3 Å². The van der Waals surface area contributed by atoms with Crippen molar-refractivity contribution in [1.29, 1.82) is 0 Å². The summed E-state index contributed by atoms with van der Waals surface area (Å²) >= 11 is 0. The second-order valence-corrected chi connectivity index (χ2v) is 10.5. The summed E-state index contributed by atoms with van der Waals surface area (Å²) in [6, 6.07) is 25.7. The third kappa shape index (κ3) is 4.60. The molecule has 0 radical (unpaired) electrons. The first kappa shape index (κ1) is 24.3. The SMILES string of the molecule is [C-]#[N+]c1cc(Oc2ccc3c4cc(F)ccc4n(-c4cc(C(C)(C)C)ccn4)c3c2)cc(-c2ccccn2)c1.